The zero-order chi connectivity index (χ0) is 31.6. The van der Waals surface area contributed by atoms with Gasteiger partial charge in [-0.25, -0.2) is 4.79 Å². The van der Waals surface area contributed by atoms with E-state index in [1.807, 2.05) is 30.3 Å². The highest BCUT2D eigenvalue weighted by molar-refractivity contribution is 5.64. The molecular formula is C40H54N2O3. The average Bonchev–Trinajstić information content (AvgIpc) is 3.38. The van der Waals surface area contributed by atoms with Crippen LogP contribution in [-0.2, 0) is 4.74 Å². The maximum absolute atomic E-state index is 12.8. The minimum atomic E-state index is -0.621. The van der Waals surface area contributed by atoms with Crippen molar-refractivity contribution in [2.24, 2.45) is 56.6 Å². The van der Waals surface area contributed by atoms with Crippen molar-refractivity contribution in [1.29, 1.82) is 0 Å². The number of hydrogen-bond donors (Lipinski definition) is 0. The number of nitrogens with zero attached hydrogens (tertiary/aromatic N) is 2. The Kier molecular flexibility index (Phi) is 9.54. The first-order chi connectivity index (χ1) is 21.7. The van der Waals surface area contributed by atoms with Crippen LogP contribution in [0.25, 0.3) is 0 Å². The molecular weight excluding hydrogens is 556 g/mol. The molecule has 0 heterocycles. The molecule has 0 spiro atoms. The molecule has 4 aliphatic rings. The molecule has 0 aliphatic heterocycles. The molecule has 0 saturated heterocycles. The van der Waals surface area contributed by atoms with Crippen LogP contribution < -0.4 is 4.74 Å². The summed E-state index contributed by atoms with van der Waals surface area (Å²) in [7, 11) is 0. The van der Waals surface area contributed by atoms with E-state index in [9.17, 15) is 4.79 Å². The molecule has 2 aromatic carbocycles. The highest BCUT2D eigenvalue weighted by atomic mass is 16.7. The molecule has 0 N–H and O–H groups in total. The van der Waals surface area contributed by atoms with Gasteiger partial charge in [-0.3, -0.25) is 0 Å². The SMILES string of the molecule is CC(C)CCC[C@@H](C)[C@H]1CC[C@H]2[C@@H]3CC=C4C[C@@H](OC(=O)Oc5ccc(/N=N/c6ccccc6)cc5)CC[C@]4(C)[C@H]3CC[C@]12C. The van der Waals surface area contributed by atoms with Gasteiger partial charge in [0.05, 0.1) is 11.4 Å². The second kappa shape index (κ2) is 13.4. The fourth-order valence-corrected chi connectivity index (χ4v) is 10.2. The molecule has 5 nitrogen and oxygen atoms in total. The summed E-state index contributed by atoms with van der Waals surface area (Å²) in [5.41, 5.74) is 3.76. The monoisotopic (exact) mass is 610 g/mol. The van der Waals surface area contributed by atoms with Gasteiger partial charge in [0.25, 0.3) is 0 Å². The van der Waals surface area contributed by atoms with Gasteiger partial charge >= 0.3 is 6.16 Å². The Morgan fingerprint density at radius 2 is 1.60 bits per heavy atom. The predicted octanol–water partition coefficient (Wildman–Crippen LogP) is 12.0. The average molecular weight is 611 g/mol. The van der Waals surface area contributed by atoms with Crippen molar-refractivity contribution in [3.63, 3.8) is 0 Å². The summed E-state index contributed by atoms with van der Waals surface area (Å²) in [6, 6.07) is 16.7. The molecule has 0 unspecified atom stereocenters. The highest BCUT2D eigenvalue weighted by Crippen LogP contribution is 2.67. The summed E-state index contributed by atoms with van der Waals surface area (Å²) >= 11 is 0. The molecule has 3 fully saturated rings. The van der Waals surface area contributed by atoms with Gasteiger partial charge < -0.3 is 9.47 Å². The van der Waals surface area contributed by atoms with E-state index >= 15 is 0 Å². The van der Waals surface area contributed by atoms with Crippen molar-refractivity contribution in [2.45, 2.75) is 111 Å². The zero-order valence-corrected chi connectivity index (χ0v) is 28.2. The van der Waals surface area contributed by atoms with Crippen LogP contribution >= 0.6 is 0 Å². The summed E-state index contributed by atoms with van der Waals surface area (Å²) in [4.78, 5) is 12.8. The van der Waals surface area contributed by atoms with Gasteiger partial charge in [0.2, 0.25) is 0 Å². The number of fused-ring (bicyclic) bond motifs is 5. The number of carbonyl (C=O) groups is 1. The van der Waals surface area contributed by atoms with Crippen molar-refractivity contribution in [1.82, 2.24) is 0 Å². The van der Waals surface area contributed by atoms with Crippen LogP contribution in [-0.4, -0.2) is 12.3 Å². The molecule has 5 heteroatoms. The normalized spacial score (nSPS) is 33.2. The van der Waals surface area contributed by atoms with Gasteiger partial charge in [-0.2, -0.15) is 10.2 Å². The van der Waals surface area contributed by atoms with Crippen molar-refractivity contribution in [2.75, 3.05) is 0 Å². The van der Waals surface area contributed by atoms with Crippen LogP contribution in [0.15, 0.2) is 76.5 Å². The first-order valence-electron chi connectivity index (χ1n) is 17.8. The first kappa shape index (κ1) is 32.0. The fourth-order valence-electron chi connectivity index (χ4n) is 10.2. The van der Waals surface area contributed by atoms with Crippen LogP contribution in [0, 0.1) is 46.3 Å². The highest BCUT2D eigenvalue weighted by Gasteiger charge is 2.59. The van der Waals surface area contributed by atoms with Crippen molar-refractivity contribution in [3.8, 4) is 5.75 Å². The Morgan fingerprint density at radius 3 is 2.33 bits per heavy atom. The van der Waals surface area contributed by atoms with Gasteiger partial charge in [-0.15, -0.1) is 0 Å². The molecule has 3 saturated carbocycles. The number of hydrogen-bond acceptors (Lipinski definition) is 5. The molecule has 0 radical (unpaired) electrons. The van der Waals surface area contributed by atoms with Gasteiger partial charge in [-0.05, 0) is 128 Å². The molecule has 0 bridgehead atoms. The van der Waals surface area contributed by atoms with Crippen LogP contribution in [0.2, 0.25) is 0 Å². The Morgan fingerprint density at radius 1 is 0.867 bits per heavy atom. The van der Waals surface area contributed by atoms with E-state index in [1.54, 1.807) is 24.3 Å². The van der Waals surface area contributed by atoms with E-state index in [4.69, 9.17) is 9.47 Å². The van der Waals surface area contributed by atoms with E-state index < -0.39 is 6.16 Å². The van der Waals surface area contributed by atoms with Crippen LogP contribution in [0.3, 0.4) is 0 Å². The summed E-state index contributed by atoms with van der Waals surface area (Å²) in [5, 5.41) is 8.50. The summed E-state index contributed by atoms with van der Waals surface area (Å²) in [5.74, 6) is 5.43. The van der Waals surface area contributed by atoms with Gasteiger partial charge in [0.15, 0.2) is 0 Å². The quantitative estimate of drug-likeness (QED) is 0.123. The topological polar surface area (TPSA) is 60.2 Å². The number of ether oxygens (including phenoxy) is 2. The van der Waals surface area contributed by atoms with Crippen molar-refractivity contribution in [3.05, 3.63) is 66.2 Å². The smallest absolute Gasteiger partial charge is 0.430 e. The number of azo groups is 1. The maximum Gasteiger partial charge on any atom is 0.514 e. The Labute approximate surface area is 271 Å². The summed E-state index contributed by atoms with van der Waals surface area (Å²) < 4.78 is 11.4. The Hall–Kier alpha value is -2.95. The van der Waals surface area contributed by atoms with Crippen LogP contribution in [0.4, 0.5) is 16.2 Å². The molecule has 8 atom stereocenters. The van der Waals surface area contributed by atoms with Crippen LogP contribution in [0.5, 0.6) is 5.75 Å². The van der Waals surface area contributed by atoms with E-state index in [0.29, 0.717) is 16.9 Å². The van der Waals surface area contributed by atoms with Crippen molar-refractivity contribution >= 4 is 17.5 Å². The predicted molar refractivity (Wildman–Crippen MR) is 181 cm³/mol. The Bertz CT molecular complexity index is 1370. The van der Waals surface area contributed by atoms with Gasteiger partial charge in [-0.1, -0.05) is 83.7 Å². The maximum atomic E-state index is 12.8. The largest absolute Gasteiger partial charge is 0.514 e. The van der Waals surface area contributed by atoms with Crippen LogP contribution in [0.1, 0.15) is 105 Å². The van der Waals surface area contributed by atoms with Crippen molar-refractivity contribution < 1.29 is 14.3 Å². The minimum absolute atomic E-state index is 0.122. The third kappa shape index (κ3) is 6.79. The molecule has 4 aliphatic carbocycles. The molecule has 0 amide bonds. The second-order valence-electron chi connectivity index (χ2n) is 15.7. The number of allylic oxidation sites excluding steroid dienone is 1. The fraction of sp³-hybridized carbons (Fsp3) is 0.625. The summed E-state index contributed by atoms with van der Waals surface area (Å²) in [6.07, 6.45) is 15.6. The zero-order valence-electron chi connectivity index (χ0n) is 28.2. The lowest BCUT2D eigenvalue weighted by atomic mass is 9.47. The van der Waals surface area contributed by atoms with E-state index in [-0.39, 0.29) is 11.5 Å². The van der Waals surface area contributed by atoms with E-state index in [1.165, 1.54) is 56.9 Å². The Balaban J connectivity index is 1.03. The number of carbonyl (C=O) groups excluding carboxylic acids is 1. The standard InChI is InChI=1S/C40H54N2O3/c1-27(2)10-9-11-28(3)35-20-21-36-34-19-14-29-26-33(22-24-39(29,4)37(34)23-25-40(35,36)5)45-38(43)44-32-17-15-31(16-18-32)42-41-30-12-7-6-8-13-30/h6-8,12-18,27-28,33-37H,9-11,19-26H2,1-5H3/b42-41+/t28-,33+,34+,35-,36+,37+,39+,40-/m1/s1. The lowest BCUT2D eigenvalue weighted by Gasteiger charge is -2.58. The molecule has 45 heavy (non-hydrogen) atoms. The first-order valence-corrected chi connectivity index (χ1v) is 17.8. The van der Waals surface area contributed by atoms with Gasteiger partial charge in [0.1, 0.15) is 11.9 Å². The molecule has 2 aromatic rings. The second-order valence-corrected chi connectivity index (χ2v) is 15.7. The van der Waals surface area contributed by atoms with E-state index in [0.717, 1.165) is 60.5 Å². The minimum Gasteiger partial charge on any atom is -0.430 e. The third-order valence-corrected chi connectivity index (χ3v) is 12.6. The third-order valence-electron chi connectivity index (χ3n) is 12.6. The number of benzene rings is 2. The summed E-state index contributed by atoms with van der Waals surface area (Å²) in [6.45, 7) is 12.5. The molecule has 0 aromatic heterocycles. The molecule has 6 rings (SSSR count). The number of rotatable bonds is 9. The lowest BCUT2D eigenvalue weighted by molar-refractivity contribution is -0.0597. The lowest BCUT2D eigenvalue weighted by Crippen LogP contribution is -2.51. The van der Waals surface area contributed by atoms with E-state index in [2.05, 4.69) is 50.9 Å². The molecule has 242 valence electrons. The van der Waals surface area contributed by atoms with Gasteiger partial charge in [0, 0.05) is 6.42 Å².